The molecule has 1 aliphatic heterocycles. The molecule has 2 aromatic carbocycles. The van der Waals surface area contributed by atoms with Gasteiger partial charge in [-0.15, -0.1) is 0 Å². The van der Waals surface area contributed by atoms with Crippen LogP contribution in [0.25, 0.3) is 17.0 Å². The number of anilines is 1. The molecule has 1 saturated heterocycles. The number of nitrogens with zero attached hydrogens (tertiary/aromatic N) is 2. The maximum atomic E-state index is 12.6. The molecule has 6 nitrogen and oxygen atoms in total. The molecule has 0 atom stereocenters. The largest absolute Gasteiger partial charge is 0.339 e. The summed E-state index contributed by atoms with van der Waals surface area (Å²) in [6.07, 6.45) is 6.51. The SMILES string of the molecule is O=C(Nc1ccc2[nH]ncc2c1)C1CCN(C(=O)C=Cc2ccccc2)CC1. The molecule has 0 radical (unpaired) electrons. The van der Waals surface area contributed by atoms with E-state index in [1.165, 1.54) is 0 Å². The zero-order valence-electron chi connectivity index (χ0n) is 15.5. The van der Waals surface area contributed by atoms with Crippen LogP contribution in [0.5, 0.6) is 0 Å². The van der Waals surface area contributed by atoms with Crippen molar-refractivity contribution in [3.05, 3.63) is 66.4 Å². The van der Waals surface area contributed by atoms with E-state index < -0.39 is 0 Å². The highest BCUT2D eigenvalue weighted by Crippen LogP contribution is 2.22. The van der Waals surface area contributed by atoms with Crippen LogP contribution >= 0.6 is 0 Å². The lowest BCUT2D eigenvalue weighted by Gasteiger charge is -2.30. The number of carbonyl (C=O) groups is 2. The van der Waals surface area contributed by atoms with Crippen LogP contribution in [-0.2, 0) is 9.59 Å². The van der Waals surface area contributed by atoms with Crippen molar-refractivity contribution in [2.24, 2.45) is 5.92 Å². The summed E-state index contributed by atoms with van der Waals surface area (Å²) in [5.41, 5.74) is 2.70. The number of H-pyrrole nitrogens is 1. The molecule has 1 aliphatic rings. The van der Waals surface area contributed by atoms with Gasteiger partial charge in [0.05, 0.1) is 11.7 Å². The molecule has 4 rings (SSSR count). The van der Waals surface area contributed by atoms with Crippen LogP contribution in [-0.4, -0.2) is 40.0 Å². The first-order valence-corrected chi connectivity index (χ1v) is 9.45. The Kier molecular flexibility index (Phi) is 5.19. The molecule has 2 N–H and O–H groups in total. The molecule has 0 saturated carbocycles. The fourth-order valence-electron chi connectivity index (χ4n) is 3.46. The predicted molar refractivity (Wildman–Crippen MR) is 110 cm³/mol. The first-order chi connectivity index (χ1) is 13.7. The summed E-state index contributed by atoms with van der Waals surface area (Å²) in [5.74, 6) is -0.0786. The Morgan fingerprint density at radius 2 is 1.89 bits per heavy atom. The number of nitrogens with one attached hydrogen (secondary N) is 2. The number of aromatic nitrogens is 2. The third-order valence-corrected chi connectivity index (χ3v) is 5.10. The minimum Gasteiger partial charge on any atom is -0.339 e. The van der Waals surface area contributed by atoms with Gasteiger partial charge in [0, 0.05) is 36.2 Å². The predicted octanol–water partition coefficient (Wildman–Crippen LogP) is 3.45. The number of aromatic amines is 1. The number of hydrogen-bond donors (Lipinski definition) is 2. The standard InChI is InChI=1S/C22H22N4O2/c27-21(9-6-16-4-2-1-3-5-16)26-12-10-17(11-13-26)22(28)24-19-7-8-20-18(14-19)15-23-25-20/h1-9,14-15,17H,10-13H2,(H,23,25)(H,24,28). The highest BCUT2D eigenvalue weighted by atomic mass is 16.2. The molecule has 1 fully saturated rings. The van der Waals surface area contributed by atoms with E-state index in [-0.39, 0.29) is 17.7 Å². The second-order valence-corrected chi connectivity index (χ2v) is 7.00. The normalized spacial score (nSPS) is 15.2. The van der Waals surface area contributed by atoms with Crippen molar-refractivity contribution in [2.75, 3.05) is 18.4 Å². The fraction of sp³-hybridized carbons (Fsp3) is 0.227. The summed E-state index contributed by atoms with van der Waals surface area (Å²) >= 11 is 0. The van der Waals surface area contributed by atoms with Crippen LogP contribution in [0.4, 0.5) is 5.69 Å². The Morgan fingerprint density at radius 1 is 1.11 bits per heavy atom. The number of carbonyl (C=O) groups excluding carboxylic acids is 2. The van der Waals surface area contributed by atoms with Gasteiger partial charge in [0.15, 0.2) is 0 Å². The molecule has 1 aromatic heterocycles. The van der Waals surface area contributed by atoms with Gasteiger partial charge in [0.25, 0.3) is 0 Å². The average molecular weight is 374 g/mol. The van der Waals surface area contributed by atoms with E-state index in [1.807, 2.05) is 54.6 Å². The third kappa shape index (κ3) is 4.11. The molecule has 142 valence electrons. The van der Waals surface area contributed by atoms with Crippen molar-refractivity contribution in [1.82, 2.24) is 15.1 Å². The van der Waals surface area contributed by atoms with Crippen LogP contribution in [0.2, 0.25) is 0 Å². The van der Waals surface area contributed by atoms with Gasteiger partial charge < -0.3 is 10.2 Å². The molecule has 2 heterocycles. The topological polar surface area (TPSA) is 78.1 Å². The van der Waals surface area contributed by atoms with Crippen molar-refractivity contribution >= 4 is 34.5 Å². The zero-order chi connectivity index (χ0) is 19.3. The second kappa shape index (κ2) is 8.08. The first-order valence-electron chi connectivity index (χ1n) is 9.45. The number of rotatable bonds is 4. The van der Waals surface area contributed by atoms with E-state index in [2.05, 4.69) is 15.5 Å². The Morgan fingerprint density at radius 3 is 2.68 bits per heavy atom. The lowest BCUT2D eigenvalue weighted by molar-refractivity contribution is -0.130. The summed E-state index contributed by atoms with van der Waals surface area (Å²) in [5, 5.41) is 10.8. The number of hydrogen-bond acceptors (Lipinski definition) is 3. The molecule has 2 amide bonds. The van der Waals surface area contributed by atoms with Gasteiger partial charge in [-0.2, -0.15) is 5.10 Å². The average Bonchev–Trinajstić information content (AvgIpc) is 3.21. The van der Waals surface area contributed by atoms with E-state index in [4.69, 9.17) is 0 Å². The van der Waals surface area contributed by atoms with Gasteiger partial charge in [-0.05, 0) is 42.7 Å². The lowest BCUT2D eigenvalue weighted by atomic mass is 9.95. The van der Waals surface area contributed by atoms with E-state index in [0.29, 0.717) is 25.9 Å². The summed E-state index contributed by atoms with van der Waals surface area (Å²) < 4.78 is 0. The van der Waals surface area contributed by atoms with Crippen LogP contribution < -0.4 is 5.32 Å². The number of benzene rings is 2. The van der Waals surface area contributed by atoms with Crippen molar-refractivity contribution in [1.29, 1.82) is 0 Å². The van der Waals surface area contributed by atoms with Gasteiger partial charge in [-0.1, -0.05) is 30.3 Å². The molecule has 0 unspecified atom stereocenters. The van der Waals surface area contributed by atoms with Crippen LogP contribution in [0.15, 0.2) is 60.8 Å². The number of amides is 2. The van der Waals surface area contributed by atoms with Gasteiger partial charge in [-0.25, -0.2) is 0 Å². The second-order valence-electron chi connectivity index (χ2n) is 7.00. The molecule has 6 heteroatoms. The summed E-state index contributed by atoms with van der Waals surface area (Å²) in [7, 11) is 0. The van der Waals surface area contributed by atoms with E-state index in [1.54, 1.807) is 17.2 Å². The van der Waals surface area contributed by atoms with Crippen LogP contribution in [0, 0.1) is 5.92 Å². The zero-order valence-corrected chi connectivity index (χ0v) is 15.5. The van der Waals surface area contributed by atoms with Crippen LogP contribution in [0.1, 0.15) is 18.4 Å². The number of likely N-dealkylation sites (tertiary alicyclic amines) is 1. The summed E-state index contributed by atoms with van der Waals surface area (Å²) in [4.78, 5) is 26.8. The minimum absolute atomic E-state index is 0.00637. The molecule has 28 heavy (non-hydrogen) atoms. The Bertz CT molecular complexity index is 1000. The lowest BCUT2D eigenvalue weighted by Crippen LogP contribution is -2.40. The minimum atomic E-state index is -0.0813. The molecule has 0 aliphatic carbocycles. The molecular weight excluding hydrogens is 352 g/mol. The van der Waals surface area contributed by atoms with E-state index in [9.17, 15) is 9.59 Å². The van der Waals surface area contributed by atoms with Crippen LogP contribution in [0.3, 0.4) is 0 Å². The Balaban J connectivity index is 1.30. The third-order valence-electron chi connectivity index (χ3n) is 5.10. The highest BCUT2D eigenvalue weighted by Gasteiger charge is 2.26. The molecular formula is C22H22N4O2. The van der Waals surface area contributed by atoms with E-state index in [0.717, 1.165) is 22.2 Å². The molecule has 0 spiro atoms. The van der Waals surface area contributed by atoms with Crippen molar-refractivity contribution in [2.45, 2.75) is 12.8 Å². The maximum Gasteiger partial charge on any atom is 0.246 e. The van der Waals surface area contributed by atoms with Crippen molar-refractivity contribution in [3.8, 4) is 0 Å². The molecule has 0 bridgehead atoms. The summed E-state index contributed by atoms with van der Waals surface area (Å²) in [6, 6.07) is 15.4. The monoisotopic (exact) mass is 374 g/mol. The van der Waals surface area contributed by atoms with Crippen molar-refractivity contribution < 1.29 is 9.59 Å². The van der Waals surface area contributed by atoms with Gasteiger partial charge in [0.2, 0.25) is 11.8 Å². The van der Waals surface area contributed by atoms with Gasteiger partial charge in [-0.3, -0.25) is 14.7 Å². The summed E-state index contributed by atoms with van der Waals surface area (Å²) in [6.45, 7) is 1.19. The molecule has 3 aromatic rings. The highest BCUT2D eigenvalue weighted by molar-refractivity contribution is 5.95. The van der Waals surface area contributed by atoms with Gasteiger partial charge in [0.1, 0.15) is 0 Å². The van der Waals surface area contributed by atoms with E-state index >= 15 is 0 Å². The number of fused-ring (bicyclic) bond motifs is 1. The smallest absolute Gasteiger partial charge is 0.246 e. The number of piperidine rings is 1. The Labute approximate surface area is 163 Å². The maximum absolute atomic E-state index is 12.6. The fourth-order valence-corrected chi connectivity index (χ4v) is 3.46. The van der Waals surface area contributed by atoms with Crippen molar-refractivity contribution in [3.63, 3.8) is 0 Å². The first kappa shape index (κ1) is 18.0. The quantitative estimate of drug-likeness (QED) is 0.687. The van der Waals surface area contributed by atoms with Gasteiger partial charge >= 0.3 is 0 Å². The Hall–Kier alpha value is -3.41.